The van der Waals surface area contributed by atoms with E-state index in [0.29, 0.717) is 17.2 Å². The first kappa shape index (κ1) is 28.5. The second-order valence-corrected chi connectivity index (χ2v) is 8.76. The average molecular weight is 554 g/mol. The van der Waals surface area contributed by atoms with Crippen LogP contribution in [0.15, 0.2) is 66.7 Å². The number of aromatic amines is 1. The van der Waals surface area contributed by atoms with Crippen molar-refractivity contribution in [2.24, 2.45) is 0 Å². The molecule has 1 amide bonds. The minimum Gasteiger partial charge on any atom is -0.493 e. The lowest BCUT2D eigenvalue weighted by atomic mass is 10.1. The fraction of sp³-hybridized carbons (Fsp3) is 0.321. The summed E-state index contributed by atoms with van der Waals surface area (Å²) in [7, 11) is 1.53. The number of hydrogen-bond donors (Lipinski definition) is 2. The highest BCUT2D eigenvalue weighted by Gasteiger charge is 2.20. The molecule has 1 heterocycles. The maximum atomic E-state index is 12.9. The van der Waals surface area contributed by atoms with E-state index in [1.165, 1.54) is 12.0 Å². The number of benzene rings is 3. The van der Waals surface area contributed by atoms with Gasteiger partial charge < -0.3 is 38.8 Å². The van der Waals surface area contributed by atoms with Crippen molar-refractivity contribution in [2.75, 3.05) is 53.2 Å². The molecule has 0 saturated heterocycles. The van der Waals surface area contributed by atoms with Gasteiger partial charge in [-0.1, -0.05) is 36.4 Å². The number of aliphatic hydroxyl groups is 1. The van der Waals surface area contributed by atoms with Crippen LogP contribution in [-0.4, -0.2) is 85.3 Å². The SMILES string of the molecule is COc1ccccc1OCCN(CC(O)COc1cccc2[nH]c3ccccc3c12)C(=O)COCCO[N+](=O)[O-]. The first-order valence-corrected chi connectivity index (χ1v) is 12.6. The number of para-hydroxylation sites is 3. The highest BCUT2D eigenvalue weighted by Crippen LogP contribution is 2.33. The summed E-state index contributed by atoms with van der Waals surface area (Å²) in [5, 5.41) is 22.1. The maximum absolute atomic E-state index is 12.9. The molecule has 0 saturated carbocycles. The average Bonchev–Trinajstić information content (AvgIpc) is 3.34. The summed E-state index contributed by atoms with van der Waals surface area (Å²) in [6.07, 6.45) is -1.02. The van der Waals surface area contributed by atoms with Crippen molar-refractivity contribution in [1.29, 1.82) is 0 Å². The monoisotopic (exact) mass is 553 g/mol. The van der Waals surface area contributed by atoms with E-state index in [2.05, 4.69) is 9.82 Å². The molecule has 12 heteroatoms. The number of methoxy groups -OCH3 is 1. The van der Waals surface area contributed by atoms with E-state index in [0.717, 1.165) is 21.8 Å². The summed E-state index contributed by atoms with van der Waals surface area (Å²) in [4.78, 5) is 32.1. The van der Waals surface area contributed by atoms with E-state index < -0.39 is 17.1 Å². The zero-order valence-corrected chi connectivity index (χ0v) is 22.0. The number of amides is 1. The summed E-state index contributed by atoms with van der Waals surface area (Å²) in [5.41, 5.74) is 1.89. The van der Waals surface area contributed by atoms with Crippen LogP contribution < -0.4 is 14.2 Å². The Bertz CT molecular complexity index is 1420. The first-order valence-electron chi connectivity index (χ1n) is 12.6. The number of H-pyrrole nitrogens is 1. The Kier molecular flexibility index (Phi) is 9.97. The number of rotatable bonds is 16. The largest absolute Gasteiger partial charge is 0.493 e. The van der Waals surface area contributed by atoms with Crippen LogP contribution in [0.1, 0.15) is 0 Å². The van der Waals surface area contributed by atoms with E-state index in [9.17, 15) is 20.0 Å². The second kappa shape index (κ2) is 14.0. The molecule has 212 valence electrons. The van der Waals surface area contributed by atoms with Crippen molar-refractivity contribution in [3.05, 3.63) is 76.8 Å². The summed E-state index contributed by atoms with van der Waals surface area (Å²) < 4.78 is 22.3. The third-order valence-electron chi connectivity index (χ3n) is 6.04. The van der Waals surface area contributed by atoms with Crippen LogP contribution in [0.5, 0.6) is 17.2 Å². The number of carbonyl (C=O) groups is 1. The molecule has 3 aromatic carbocycles. The zero-order chi connectivity index (χ0) is 28.3. The number of nitrogens with one attached hydrogen (secondary N) is 1. The van der Waals surface area contributed by atoms with E-state index in [4.69, 9.17) is 18.9 Å². The van der Waals surface area contributed by atoms with Crippen LogP contribution in [-0.2, 0) is 14.4 Å². The molecular formula is C28H31N3O9. The Balaban J connectivity index is 1.37. The topological polar surface area (TPSA) is 146 Å². The van der Waals surface area contributed by atoms with Crippen LogP contribution in [0, 0.1) is 10.1 Å². The normalized spacial score (nSPS) is 11.8. The maximum Gasteiger partial charge on any atom is 0.294 e. The van der Waals surface area contributed by atoms with E-state index in [1.54, 1.807) is 18.2 Å². The van der Waals surface area contributed by atoms with Gasteiger partial charge in [-0.25, -0.2) is 0 Å². The Morgan fingerprint density at radius 3 is 2.48 bits per heavy atom. The minimum atomic E-state index is -1.02. The van der Waals surface area contributed by atoms with Gasteiger partial charge in [-0.3, -0.25) is 4.79 Å². The summed E-state index contributed by atoms with van der Waals surface area (Å²) in [6.45, 7) is -0.636. The Labute approximate surface area is 230 Å². The number of fused-ring (bicyclic) bond motifs is 3. The van der Waals surface area contributed by atoms with Gasteiger partial charge in [0.1, 0.15) is 38.3 Å². The van der Waals surface area contributed by atoms with Crippen LogP contribution in [0.4, 0.5) is 0 Å². The van der Waals surface area contributed by atoms with Gasteiger partial charge in [0.15, 0.2) is 11.5 Å². The van der Waals surface area contributed by atoms with Crippen molar-refractivity contribution < 1.29 is 38.8 Å². The number of aliphatic hydroxyl groups excluding tert-OH is 1. The Morgan fingerprint density at radius 2 is 1.68 bits per heavy atom. The molecule has 4 aromatic rings. The molecule has 2 N–H and O–H groups in total. The lowest BCUT2D eigenvalue weighted by Gasteiger charge is -2.25. The summed E-state index contributed by atoms with van der Waals surface area (Å²) in [6, 6.07) is 20.7. The van der Waals surface area contributed by atoms with Gasteiger partial charge in [-0.05, 0) is 30.3 Å². The summed E-state index contributed by atoms with van der Waals surface area (Å²) >= 11 is 0. The molecule has 0 aliphatic carbocycles. The highest BCUT2D eigenvalue weighted by atomic mass is 17.0. The molecule has 0 fully saturated rings. The molecule has 0 bridgehead atoms. The molecule has 1 unspecified atom stereocenters. The van der Waals surface area contributed by atoms with Crippen molar-refractivity contribution in [2.45, 2.75) is 6.10 Å². The van der Waals surface area contributed by atoms with Gasteiger partial charge in [0.2, 0.25) is 5.91 Å². The van der Waals surface area contributed by atoms with E-state index >= 15 is 0 Å². The van der Waals surface area contributed by atoms with Crippen molar-refractivity contribution in [3.63, 3.8) is 0 Å². The first-order chi connectivity index (χ1) is 19.5. The fourth-order valence-corrected chi connectivity index (χ4v) is 4.22. The Hall–Kier alpha value is -4.55. The molecule has 1 atom stereocenters. The van der Waals surface area contributed by atoms with Gasteiger partial charge in [-0.2, -0.15) is 0 Å². The predicted octanol–water partition coefficient (Wildman–Crippen LogP) is 3.20. The smallest absolute Gasteiger partial charge is 0.294 e. The molecule has 40 heavy (non-hydrogen) atoms. The molecule has 4 rings (SSSR count). The van der Waals surface area contributed by atoms with Crippen LogP contribution >= 0.6 is 0 Å². The van der Waals surface area contributed by atoms with Gasteiger partial charge in [0, 0.05) is 16.3 Å². The van der Waals surface area contributed by atoms with Crippen LogP contribution in [0.3, 0.4) is 0 Å². The molecular weight excluding hydrogens is 522 g/mol. The quantitative estimate of drug-likeness (QED) is 0.121. The van der Waals surface area contributed by atoms with Gasteiger partial charge in [0.25, 0.3) is 5.09 Å². The van der Waals surface area contributed by atoms with E-state index in [1.807, 2.05) is 48.5 Å². The lowest BCUT2D eigenvalue weighted by Crippen LogP contribution is -2.43. The minimum absolute atomic E-state index is 0.0489. The number of nitrogens with zero attached hydrogens (tertiary/aromatic N) is 2. The van der Waals surface area contributed by atoms with E-state index in [-0.39, 0.29) is 46.1 Å². The predicted molar refractivity (Wildman–Crippen MR) is 146 cm³/mol. The highest BCUT2D eigenvalue weighted by molar-refractivity contribution is 6.10. The second-order valence-electron chi connectivity index (χ2n) is 8.76. The lowest BCUT2D eigenvalue weighted by molar-refractivity contribution is -0.758. The van der Waals surface area contributed by atoms with Crippen molar-refractivity contribution in [1.82, 2.24) is 9.88 Å². The number of hydrogen-bond acceptors (Lipinski definition) is 9. The van der Waals surface area contributed by atoms with Gasteiger partial charge in [0.05, 0.1) is 32.3 Å². The molecule has 1 aromatic heterocycles. The third kappa shape index (κ3) is 7.52. The molecule has 0 aliphatic rings. The number of carbonyl (C=O) groups excluding carboxylic acids is 1. The Morgan fingerprint density at radius 1 is 0.950 bits per heavy atom. The fourth-order valence-electron chi connectivity index (χ4n) is 4.22. The van der Waals surface area contributed by atoms with Crippen molar-refractivity contribution >= 4 is 27.7 Å². The van der Waals surface area contributed by atoms with Crippen LogP contribution in [0.2, 0.25) is 0 Å². The number of aromatic nitrogens is 1. The summed E-state index contributed by atoms with van der Waals surface area (Å²) in [5.74, 6) is 1.25. The molecule has 0 radical (unpaired) electrons. The van der Waals surface area contributed by atoms with Crippen molar-refractivity contribution in [3.8, 4) is 17.2 Å². The number of ether oxygens (including phenoxy) is 4. The van der Waals surface area contributed by atoms with Gasteiger partial charge >= 0.3 is 0 Å². The van der Waals surface area contributed by atoms with Crippen LogP contribution in [0.25, 0.3) is 21.8 Å². The zero-order valence-electron chi connectivity index (χ0n) is 22.0. The molecule has 12 nitrogen and oxygen atoms in total. The van der Waals surface area contributed by atoms with Gasteiger partial charge in [-0.15, -0.1) is 10.1 Å². The standard InChI is InChI=1S/C28H31N3O9/c1-36-24-10-4-5-11-25(24)38-14-13-30(27(33)19-37-15-16-40-31(34)35)17-20(32)18-39-26-12-6-9-23-28(26)21-7-2-3-8-22(21)29-23/h2-12,20,29,32H,13-19H2,1H3. The third-order valence-corrected chi connectivity index (χ3v) is 6.04. The molecule has 0 aliphatic heterocycles. The molecule has 0 spiro atoms.